The Hall–Kier alpha value is -0.846. The van der Waals surface area contributed by atoms with Gasteiger partial charge in [0.15, 0.2) is 11.5 Å². The van der Waals surface area contributed by atoms with Gasteiger partial charge >= 0.3 is 6.03 Å². The Labute approximate surface area is 135 Å². The number of hydrogen-bond acceptors (Lipinski definition) is 6. The number of ketones is 1. The summed E-state index contributed by atoms with van der Waals surface area (Å²) in [4.78, 5) is 25.9. The Bertz CT molecular complexity index is 528. The molecule has 1 aromatic rings. The number of nitrogens with zero attached hydrogens (tertiary/aromatic N) is 3. The minimum Gasteiger partial charge on any atom is -0.504 e. The van der Waals surface area contributed by atoms with E-state index in [1.54, 1.807) is 0 Å². The van der Waals surface area contributed by atoms with E-state index in [4.69, 9.17) is 0 Å². The van der Waals surface area contributed by atoms with E-state index in [2.05, 4.69) is 15.4 Å². The van der Waals surface area contributed by atoms with Crippen molar-refractivity contribution in [1.82, 2.24) is 20.1 Å². The van der Waals surface area contributed by atoms with E-state index >= 15 is 0 Å². The fourth-order valence-corrected chi connectivity index (χ4v) is 1.42. The van der Waals surface area contributed by atoms with Gasteiger partial charge in [0.2, 0.25) is 5.82 Å². The summed E-state index contributed by atoms with van der Waals surface area (Å²) < 4.78 is 11.7. The second kappa shape index (κ2) is 8.35. The number of aliphatic hydroxyl groups is 1. The number of carbonyl (C=O) groups is 2. The molecule has 0 saturated heterocycles. The maximum atomic E-state index is 11.5. The molecule has 0 bridgehead atoms. The molecule has 0 aromatic carbocycles. The topological polar surface area (TPSA) is 114 Å². The van der Waals surface area contributed by atoms with Crippen molar-refractivity contribution in [3.63, 3.8) is 0 Å². The second-order valence-electron chi connectivity index (χ2n) is 3.51. The molecule has 0 saturated carbocycles. The summed E-state index contributed by atoms with van der Waals surface area (Å²) in [5.74, 6) is -0.916. The molecular weight excluding hydrogens is 348 g/mol. The van der Waals surface area contributed by atoms with E-state index in [1.807, 2.05) is 0 Å². The Morgan fingerprint density at radius 3 is 2.74 bits per heavy atom. The quantitative estimate of drug-likeness (QED) is 0.458. The average molecular weight is 361 g/mol. The molecule has 1 aromatic heterocycles. The van der Waals surface area contributed by atoms with Crippen molar-refractivity contribution >= 4 is 25.4 Å². The van der Waals surface area contributed by atoms with Crippen molar-refractivity contribution in [2.45, 2.75) is 6.92 Å². The predicted octanol–water partition coefficient (Wildman–Crippen LogP) is 0.468. The maximum Gasteiger partial charge on any atom is 0.343 e. The van der Waals surface area contributed by atoms with Crippen LogP contribution in [0.2, 0.25) is 0 Å². The SMILES string of the molecule is CC(=O)/C=C(\O)c1ncn(C(=O)NC[PH](C)=O)n1.[Y]. The van der Waals surface area contributed by atoms with Gasteiger partial charge in [-0.05, 0) is 13.6 Å². The number of hydrogen-bond donors (Lipinski definition) is 2. The van der Waals surface area contributed by atoms with Crippen LogP contribution in [0, 0.1) is 0 Å². The van der Waals surface area contributed by atoms with Crippen LogP contribution in [-0.4, -0.2) is 44.6 Å². The molecule has 8 nitrogen and oxygen atoms in total. The van der Waals surface area contributed by atoms with Crippen molar-refractivity contribution in [2.24, 2.45) is 0 Å². The Morgan fingerprint density at radius 2 is 2.21 bits per heavy atom. The van der Waals surface area contributed by atoms with Crippen LogP contribution in [0.15, 0.2) is 12.4 Å². The first kappa shape index (κ1) is 18.2. The van der Waals surface area contributed by atoms with Gasteiger partial charge in [-0.3, -0.25) is 4.79 Å². The summed E-state index contributed by atoms with van der Waals surface area (Å²) in [6.07, 6.45) is 2.10. The summed E-state index contributed by atoms with van der Waals surface area (Å²) in [5, 5.41) is 15.5. The third-order valence-electron chi connectivity index (χ3n) is 1.76. The average Bonchev–Trinajstić information content (AvgIpc) is 2.74. The molecule has 0 aliphatic carbocycles. The smallest absolute Gasteiger partial charge is 0.343 e. The molecule has 1 unspecified atom stereocenters. The van der Waals surface area contributed by atoms with Gasteiger partial charge in [0.25, 0.3) is 0 Å². The first-order valence-electron chi connectivity index (χ1n) is 5.01. The van der Waals surface area contributed by atoms with Gasteiger partial charge in [0.1, 0.15) is 6.33 Å². The maximum absolute atomic E-state index is 11.5. The molecule has 10 heteroatoms. The van der Waals surface area contributed by atoms with Gasteiger partial charge < -0.3 is 15.0 Å². The first-order valence-corrected chi connectivity index (χ1v) is 7.12. The number of amides is 1. The van der Waals surface area contributed by atoms with Gasteiger partial charge in [-0.25, -0.2) is 9.78 Å². The van der Waals surface area contributed by atoms with E-state index in [9.17, 15) is 19.3 Å². The van der Waals surface area contributed by atoms with Crippen LogP contribution in [0.3, 0.4) is 0 Å². The van der Waals surface area contributed by atoms with Crippen molar-refractivity contribution in [2.75, 3.05) is 13.0 Å². The number of allylic oxidation sites excluding steroid dienone is 1. The zero-order valence-corrected chi connectivity index (χ0v) is 14.3. The fraction of sp³-hybridized carbons (Fsp3) is 0.333. The van der Waals surface area contributed by atoms with E-state index in [0.717, 1.165) is 17.1 Å². The summed E-state index contributed by atoms with van der Waals surface area (Å²) in [6, 6.07) is -0.607. The zero-order chi connectivity index (χ0) is 13.7. The van der Waals surface area contributed by atoms with Gasteiger partial charge in [-0.1, -0.05) is 0 Å². The van der Waals surface area contributed by atoms with Crippen molar-refractivity contribution in [3.05, 3.63) is 18.2 Å². The third kappa shape index (κ3) is 6.23. The van der Waals surface area contributed by atoms with E-state index < -0.39 is 19.6 Å². The number of rotatable bonds is 4. The number of aromatic nitrogens is 3. The van der Waals surface area contributed by atoms with E-state index in [0.29, 0.717) is 0 Å². The second-order valence-corrected chi connectivity index (χ2v) is 5.27. The zero-order valence-electron chi connectivity index (χ0n) is 10.5. The largest absolute Gasteiger partial charge is 0.504 e. The van der Waals surface area contributed by atoms with Crippen LogP contribution in [-0.2, 0) is 42.1 Å². The van der Waals surface area contributed by atoms with Crippen molar-refractivity contribution < 1.29 is 52.0 Å². The molecule has 0 aliphatic heterocycles. The molecule has 1 radical (unpaired) electrons. The van der Waals surface area contributed by atoms with Crippen LogP contribution in [0.25, 0.3) is 5.76 Å². The minimum atomic E-state index is -1.81. The van der Waals surface area contributed by atoms with Gasteiger partial charge in [-0.15, -0.1) is 5.10 Å². The molecule has 1 heterocycles. The summed E-state index contributed by atoms with van der Waals surface area (Å²) in [5.41, 5.74) is 0. The normalized spacial score (nSPS) is 12.4. The summed E-state index contributed by atoms with van der Waals surface area (Å²) in [7, 11) is -1.81. The predicted molar refractivity (Wildman–Crippen MR) is 65.0 cm³/mol. The van der Waals surface area contributed by atoms with Crippen molar-refractivity contribution in [1.29, 1.82) is 0 Å². The van der Waals surface area contributed by atoms with Gasteiger partial charge in [0, 0.05) is 38.8 Å². The van der Waals surface area contributed by atoms with Crippen LogP contribution in [0.4, 0.5) is 4.79 Å². The monoisotopic (exact) mass is 361 g/mol. The van der Waals surface area contributed by atoms with E-state index in [1.165, 1.54) is 13.6 Å². The Balaban J connectivity index is 0.00000324. The summed E-state index contributed by atoms with van der Waals surface area (Å²) in [6.45, 7) is 2.78. The Morgan fingerprint density at radius 1 is 1.58 bits per heavy atom. The van der Waals surface area contributed by atoms with Gasteiger partial charge in [-0.2, -0.15) is 4.68 Å². The van der Waals surface area contributed by atoms with Crippen LogP contribution in [0.5, 0.6) is 0 Å². The minimum absolute atomic E-state index is 0. The van der Waals surface area contributed by atoms with Crippen LogP contribution in [0.1, 0.15) is 12.7 Å². The van der Waals surface area contributed by atoms with E-state index in [-0.39, 0.29) is 50.6 Å². The molecule has 0 aliphatic rings. The first-order chi connectivity index (χ1) is 8.40. The molecule has 19 heavy (non-hydrogen) atoms. The molecule has 1 rings (SSSR count). The Kier molecular flexibility index (Phi) is 7.98. The van der Waals surface area contributed by atoms with Crippen LogP contribution < -0.4 is 5.32 Å². The summed E-state index contributed by atoms with van der Waals surface area (Å²) >= 11 is 0. The molecule has 2 N–H and O–H groups in total. The molecule has 1 atom stereocenters. The number of nitrogens with one attached hydrogen (secondary N) is 1. The molecule has 1 amide bonds. The molecule has 0 fully saturated rings. The molecule has 0 spiro atoms. The molecular formula is C9H13N4O4PY. The van der Waals surface area contributed by atoms with Gasteiger partial charge in [0.05, 0.1) is 14.1 Å². The fourth-order valence-electron chi connectivity index (χ4n) is 1.02. The number of aliphatic hydroxyl groups excluding tert-OH is 1. The van der Waals surface area contributed by atoms with Crippen molar-refractivity contribution in [3.8, 4) is 0 Å². The third-order valence-corrected chi connectivity index (χ3v) is 2.43. The molecule has 101 valence electrons. The van der Waals surface area contributed by atoms with Crippen LogP contribution >= 0.6 is 7.80 Å². The number of carbonyl (C=O) groups excluding carboxylic acids is 2. The standard InChI is InChI=1S/C9H13N4O4P.Y/c1-6(14)3-7(15)8-10-4-13(12-8)9(16)11-5-18(2)17;/h3-4,15,18H,5H2,1-2H3,(H,11,16);/b7-3-;.